The van der Waals surface area contributed by atoms with E-state index in [1.54, 1.807) is 6.20 Å². The highest BCUT2D eigenvalue weighted by Crippen LogP contribution is 1.95. The molecule has 1 unspecified atom stereocenters. The number of rotatable bonds is 5. The highest BCUT2D eigenvalue weighted by molar-refractivity contribution is 7.85. The Morgan fingerprint density at radius 3 is 2.44 bits per heavy atom. The lowest BCUT2D eigenvalue weighted by Crippen LogP contribution is -2.32. The fourth-order valence-electron chi connectivity index (χ4n) is 0.864. The Bertz CT molecular complexity index is 444. The van der Waals surface area contributed by atoms with Crippen LogP contribution in [0.3, 0.4) is 0 Å². The fourth-order valence-corrected chi connectivity index (χ4v) is 1.16. The molecule has 0 aliphatic rings. The largest absolute Gasteiger partial charge is 0.480 e. The van der Waals surface area contributed by atoms with E-state index < -0.39 is 22.1 Å². The molecular formula is C8H16N4O5S. The molecule has 10 heteroatoms. The van der Waals surface area contributed by atoms with Crippen LogP contribution in [-0.2, 0) is 21.3 Å². The maximum atomic E-state index is 10.3. The maximum Gasteiger partial charge on any atom is 0.320 e. The summed E-state index contributed by atoms with van der Waals surface area (Å²) in [6, 6.07) is -0.863. The van der Waals surface area contributed by atoms with Crippen LogP contribution in [0, 0.1) is 0 Å². The molecule has 0 amide bonds. The smallest absolute Gasteiger partial charge is 0.320 e. The second-order valence-corrected chi connectivity index (χ2v) is 4.86. The van der Waals surface area contributed by atoms with Gasteiger partial charge in [0.25, 0.3) is 10.1 Å². The molecule has 1 aromatic heterocycles. The van der Waals surface area contributed by atoms with E-state index in [-0.39, 0.29) is 18.7 Å². The van der Waals surface area contributed by atoms with E-state index in [0.29, 0.717) is 5.69 Å². The molecule has 18 heavy (non-hydrogen) atoms. The van der Waals surface area contributed by atoms with Gasteiger partial charge in [-0.1, -0.05) is 0 Å². The molecule has 0 aliphatic carbocycles. The molecule has 104 valence electrons. The molecule has 0 bridgehead atoms. The number of nitrogens with two attached hydrogens (primary N) is 2. The molecular weight excluding hydrogens is 264 g/mol. The first-order chi connectivity index (χ1) is 8.26. The van der Waals surface area contributed by atoms with Crippen LogP contribution >= 0.6 is 0 Å². The van der Waals surface area contributed by atoms with E-state index in [9.17, 15) is 13.2 Å². The van der Waals surface area contributed by atoms with Crippen molar-refractivity contribution in [3.8, 4) is 0 Å². The second kappa shape index (κ2) is 7.76. The van der Waals surface area contributed by atoms with Gasteiger partial charge in [-0.05, 0) is 0 Å². The fraction of sp³-hybridized carbons (Fsp3) is 0.500. The minimum absolute atomic E-state index is 0.0289. The van der Waals surface area contributed by atoms with Crippen molar-refractivity contribution in [2.24, 2.45) is 11.5 Å². The van der Waals surface area contributed by atoms with Crippen molar-refractivity contribution in [2.45, 2.75) is 12.5 Å². The van der Waals surface area contributed by atoms with Crippen molar-refractivity contribution in [1.82, 2.24) is 9.97 Å². The van der Waals surface area contributed by atoms with Crippen molar-refractivity contribution >= 4 is 16.1 Å². The minimum atomic E-state index is -3.80. The summed E-state index contributed by atoms with van der Waals surface area (Å²) in [7, 11) is -3.80. The number of aromatic amines is 1. The van der Waals surface area contributed by atoms with E-state index in [4.69, 9.17) is 21.1 Å². The van der Waals surface area contributed by atoms with Gasteiger partial charge >= 0.3 is 5.97 Å². The lowest BCUT2D eigenvalue weighted by atomic mass is 10.2. The van der Waals surface area contributed by atoms with Gasteiger partial charge in [-0.25, -0.2) is 4.98 Å². The number of aromatic nitrogens is 2. The third kappa shape index (κ3) is 8.64. The van der Waals surface area contributed by atoms with Gasteiger partial charge in [-0.15, -0.1) is 0 Å². The van der Waals surface area contributed by atoms with E-state index in [1.165, 1.54) is 6.33 Å². The number of H-pyrrole nitrogens is 1. The van der Waals surface area contributed by atoms with Gasteiger partial charge in [-0.3, -0.25) is 9.35 Å². The van der Waals surface area contributed by atoms with Crippen molar-refractivity contribution in [2.75, 3.05) is 12.3 Å². The Morgan fingerprint density at radius 2 is 2.17 bits per heavy atom. The van der Waals surface area contributed by atoms with Crippen LogP contribution in [0.5, 0.6) is 0 Å². The SMILES string of the molecule is NC(Cc1c[nH]cn1)C(=O)O.NCCS(=O)(=O)O. The molecule has 7 N–H and O–H groups in total. The van der Waals surface area contributed by atoms with Crippen molar-refractivity contribution in [3.05, 3.63) is 18.2 Å². The van der Waals surface area contributed by atoms with Crippen molar-refractivity contribution in [3.63, 3.8) is 0 Å². The van der Waals surface area contributed by atoms with Crippen LogP contribution in [0.25, 0.3) is 0 Å². The van der Waals surface area contributed by atoms with Crippen molar-refractivity contribution < 1.29 is 22.9 Å². The molecule has 1 heterocycles. The van der Waals surface area contributed by atoms with Crippen LogP contribution in [0.15, 0.2) is 12.5 Å². The van der Waals surface area contributed by atoms with Gasteiger partial charge in [0.15, 0.2) is 0 Å². The number of aliphatic carboxylic acids is 1. The standard InChI is InChI=1S/C6H9N3O2.C2H7NO3S/c7-5(6(10)11)1-4-2-8-3-9-4;3-1-2-7(4,5)6/h2-3,5H,1,7H2,(H,8,9)(H,10,11);1-3H2,(H,4,5,6). The van der Waals surface area contributed by atoms with Gasteiger partial charge in [0.1, 0.15) is 6.04 Å². The summed E-state index contributed by atoms with van der Waals surface area (Å²) in [5.41, 5.74) is 10.7. The third-order valence-electron chi connectivity index (χ3n) is 1.68. The number of carbonyl (C=O) groups is 1. The van der Waals surface area contributed by atoms with Crippen LogP contribution in [0.1, 0.15) is 5.69 Å². The molecule has 0 fully saturated rings. The maximum absolute atomic E-state index is 10.3. The summed E-state index contributed by atoms with van der Waals surface area (Å²) >= 11 is 0. The number of hydrogen-bond acceptors (Lipinski definition) is 6. The second-order valence-electron chi connectivity index (χ2n) is 3.28. The Kier molecular flexibility index (Phi) is 7.12. The lowest BCUT2D eigenvalue weighted by molar-refractivity contribution is -0.138. The van der Waals surface area contributed by atoms with Gasteiger partial charge in [-0.2, -0.15) is 8.42 Å². The Labute approximate surface area is 104 Å². The first-order valence-electron chi connectivity index (χ1n) is 4.87. The van der Waals surface area contributed by atoms with Gasteiger partial charge in [0.05, 0.1) is 17.8 Å². The number of nitrogens with one attached hydrogen (secondary N) is 1. The quantitative estimate of drug-likeness (QED) is 0.393. The summed E-state index contributed by atoms with van der Waals surface area (Å²) in [5, 5.41) is 8.42. The molecule has 0 spiro atoms. The van der Waals surface area contributed by atoms with Crippen molar-refractivity contribution in [1.29, 1.82) is 0 Å². The van der Waals surface area contributed by atoms with E-state index in [0.717, 1.165) is 0 Å². The Hall–Kier alpha value is -1.49. The molecule has 9 nitrogen and oxygen atoms in total. The number of hydrogen-bond donors (Lipinski definition) is 5. The first-order valence-corrected chi connectivity index (χ1v) is 6.48. The molecule has 1 atom stereocenters. The zero-order valence-corrected chi connectivity index (χ0v) is 10.3. The summed E-state index contributed by atoms with van der Waals surface area (Å²) in [6.45, 7) is -0.0289. The molecule has 0 saturated carbocycles. The third-order valence-corrected chi connectivity index (χ3v) is 2.43. The summed E-state index contributed by atoms with van der Waals surface area (Å²) in [6.07, 6.45) is 3.38. The zero-order chi connectivity index (χ0) is 14.2. The van der Waals surface area contributed by atoms with Crippen LogP contribution in [0.4, 0.5) is 0 Å². The lowest BCUT2D eigenvalue weighted by Gasteiger charge is -2.01. The number of nitrogens with zero attached hydrogens (tertiary/aromatic N) is 1. The monoisotopic (exact) mass is 280 g/mol. The average molecular weight is 280 g/mol. The number of carboxylic acids is 1. The molecule has 1 rings (SSSR count). The Morgan fingerprint density at radius 1 is 1.56 bits per heavy atom. The number of carboxylic acid groups (broad SMARTS) is 1. The predicted octanol–water partition coefficient (Wildman–Crippen LogP) is -1.80. The molecule has 0 aromatic carbocycles. The highest BCUT2D eigenvalue weighted by Gasteiger charge is 2.12. The molecule has 0 saturated heterocycles. The van der Waals surface area contributed by atoms with E-state index in [1.807, 2.05) is 0 Å². The molecule has 0 radical (unpaired) electrons. The van der Waals surface area contributed by atoms with Gasteiger partial charge < -0.3 is 21.6 Å². The summed E-state index contributed by atoms with van der Waals surface area (Å²) < 4.78 is 27.3. The van der Waals surface area contributed by atoms with E-state index in [2.05, 4.69) is 9.97 Å². The summed E-state index contributed by atoms with van der Waals surface area (Å²) in [5.74, 6) is -1.36. The van der Waals surface area contributed by atoms with Gasteiger partial charge in [0, 0.05) is 19.2 Å². The highest BCUT2D eigenvalue weighted by atomic mass is 32.2. The van der Waals surface area contributed by atoms with Crippen LogP contribution < -0.4 is 11.5 Å². The Balaban J connectivity index is 0.000000360. The van der Waals surface area contributed by atoms with Crippen LogP contribution in [-0.4, -0.2) is 52.4 Å². The van der Waals surface area contributed by atoms with Gasteiger partial charge in [0.2, 0.25) is 0 Å². The predicted molar refractivity (Wildman–Crippen MR) is 63.4 cm³/mol. The number of imidazole rings is 1. The van der Waals surface area contributed by atoms with Crippen LogP contribution in [0.2, 0.25) is 0 Å². The average Bonchev–Trinajstić information content (AvgIpc) is 2.69. The summed E-state index contributed by atoms with van der Waals surface area (Å²) in [4.78, 5) is 16.8. The normalized spacial score (nSPS) is 12.4. The molecule has 1 aromatic rings. The minimum Gasteiger partial charge on any atom is -0.480 e. The van der Waals surface area contributed by atoms with E-state index >= 15 is 0 Å². The topological polar surface area (TPSA) is 172 Å². The first kappa shape index (κ1) is 16.5. The zero-order valence-electron chi connectivity index (χ0n) is 9.48. The molecule has 0 aliphatic heterocycles.